The molecule has 1 aliphatic heterocycles. The van der Waals surface area contributed by atoms with Crippen molar-refractivity contribution in [3.8, 4) is 0 Å². The number of halogens is 3. The Bertz CT molecular complexity index is 844. The van der Waals surface area contributed by atoms with Gasteiger partial charge < -0.3 is 4.90 Å². The molecule has 1 aliphatic rings. The lowest BCUT2D eigenvalue weighted by atomic mass is 10.0. The molecular formula is C14H16F3N5O2S. The Hall–Kier alpha value is -2.14. The molecule has 0 bridgehead atoms. The van der Waals surface area contributed by atoms with E-state index in [2.05, 4.69) is 10.1 Å². The van der Waals surface area contributed by atoms with Crippen LogP contribution in [0, 0.1) is 0 Å². The summed E-state index contributed by atoms with van der Waals surface area (Å²) in [4.78, 5) is 4.76. The van der Waals surface area contributed by atoms with E-state index in [9.17, 15) is 21.6 Å². The second-order valence-corrected chi connectivity index (χ2v) is 7.35. The Balaban J connectivity index is 1.84. The van der Waals surface area contributed by atoms with Crippen molar-refractivity contribution in [1.82, 2.24) is 14.8 Å². The number of hydrogen-bond donors (Lipinski definition) is 1. The average Bonchev–Trinajstić information content (AvgIpc) is 3.07. The fourth-order valence-corrected chi connectivity index (χ4v) is 3.72. The molecule has 1 fully saturated rings. The van der Waals surface area contributed by atoms with Crippen molar-refractivity contribution in [1.29, 1.82) is 0 Å². The number of sulfonamides is 1. The fraction of sp³-hybridized carbons (Fsp3) is 0.429. The Kier molecular flexibility index (Phi) is 4.45. The molecule has 1 saturated heterocycles. The summed E-state index contributed by atoms with van der Waals surface area (Å²) < 4.78 is 64.2. The zero-order valence-corrected chi connectivity index (χ0v) is 13.8. The number of hydrogen-bond acceptors (Lipinski definition) is 5. The van der Waals surface area contributed by atoms with Crippen LogP contribution in [0.15, 0.2) is 35.7 Å². The number of primary sulfonamides is 1. The summed E-state index contributed by atoms with van der Waals surface area (Å²) >= 11 is 0. The minimum absolute atomic E-state index is 0.143. The van der Waals surface area contributed by atoms with Gasteiger partial charge in [-0.25, -0.2) is 23.2 Å². The fourth-order valence-electron chi connectivity index (χ4n) is 2.98. The number of alkyl halides is 3. The molecule has 25 heavy (non-hydrogen) atoms. The second-order valence-electron chi connectivity index (χ2n) is 5.82. The van der Waals surface area contributed by atoms with Crippen LogP contribution in [0.4, 0.5) is 18.9 Å². The number of anilines is 1. The SMILES string of the molecule is NS(=O)(=O)c1ccc(N2CCC(n3cncn3)CC2)cc1C(F)(F)F. The van der Waals surface area contributed by atoms with Crippen LogP contribution in [0.2, 0.25) is 0 Å². The van der Waals surface area contributed by atoms with Gasteiger partial charge in [0.05, 0.1) is 16.5 Å². The molecule has 0 amide bonds. The van der Waals surface area contributed by atoms with Gasteiger partial charge in [-0.1, -0.05) is 0 Å². The highest BCUT2D eigenvalue weighted by Gasteiger charge is 2.37. The minimum Gasteiger partial charge on any atom is -0.371 e. The summed E-state index contributed by atoms with van der Waals surface area (Å²) in [5.41, 5.74) is -0.928. The third-order valence-electron chi connectivity index (χ3n) is 4.22. The predicted molar refractivity (Wildman–Crippen MR) is 83.3 cm³/mol. The van der Waals surface area contributed by atoms with Crippen molar-refractivity contribution < 1.29 is 21.6 Å². The summed E-state index contributed by atoms with van der Waals surface area (Å²) in [5, 5.41) is 8.98. The molecular weight excluding hydrogens is 359 g/mol. The molecule has 7 nitrogen and oxygen atoms in total. The lowest BCUT2D eigenvalue weighted by Gasteiger charge is -2.34. The van der Waals surface area contributed by atoms with E-state index in [4.69, 9.17) is 5.14 Å². The molecule has 2 aromatic rings. The van der Waals surface area contributed by atoms with E-state index in [1.807, 2.05) is 0 Å². The smallest absolute Gasteiger partial charge is 0.371 e. The summed E-state index contributed by atoms with van der Waals surface area (Å²) in [7, 11) is -4.46. The third kappa shape index (κ3) is 3.76. The molecule has 0 aliphatic carbocycles. The molecule has 2 heterocycles. The lowest BCUT2D eigenvalue weighted by Crippen LogP contribution is -2.35. The predicted octanol–water partition coefficient (Wildman–Crippen LogP) is 1.79. The summed E-state index contributed by atoms with van der Waals surface area (Å²) in [6.45, 7) is 1.05. The van der Waals surface area contributed by atoms with Gasteiger partial charge in [0.15, 0.2) is 0 Å². The summed E-state index contributed by atoms with van der Waals surface area (Å²) in [6, 6.07) is 3.25. The van der Waals surface area contributed by atoms with Gasteiger partial charge >= 0.3 is 6.18 Å². The van der Waals surface area contributed by atoms with Crippen LogP contribution in [0.5, 0.6) is 0 Å². The maximum atomic E-state index is 13.2. The number of nitrogens with zero attached hydrogens (tertiary/aromatic N) is 4. The van der Waals surface area contributed by atoms with Crippen LogP contribution in [0.25, 0.3) is 0 Å². The van der Waals surface area contributed by atoms with Crippen LogP contribution in [0.3, 0.4) is 0 Å². The standard InChI is InChI=1S/C14H16F3N5O2S/c15-14(16,17)12-7-11(1-2-13(12)25(18,23)24)21-5-3-10(4-6-21)22-9-19-8-20-22/h1-2,7-10H,3-6H2,(H2,18,23,24). The van der Waals surface area contributed by atoms with E-state index in [0.717, 1.165) is 12.1 Å². The minimum atomic E-state index is -4.81. The molecule has 0 atom stereocenters. The highest BCUT2D eigenvalue weighted by atomic mass is 32.2. The van der Waals surface area contributed by atoms with E-state index >= 15 is 0 Å². The third-order valence-corrected chi connectivity index (χ3v) is 5.18. The zero-order valence-electron chi connectivity index (χ0n) is 13.0. The van der Waals surface area contributed by atoms with Gasteiger partial charge in [-0.15, -0.1) is 0 Å². The van der Waals surface area contributed by atoms with Crippen LogP contribution in [-0.2, 0) is 16.2 Å². The van der Waals surface area contributed by atoms with Crippen LogP contribution in [-0.4, -0.2) is 36.3 Å². The van der Waals surface area contributed by atoms with Gasteiger partial charge in [-0.2, -0.15) is 18.3 Å². The first-order valence-electron chi connectivity index (χ1n) is 7.49. The van der Waals surface area contributed by atoms with E-state index in [-0.39, 0.29) is 6.04 Å². The van der Waals surface area contributed by atoms with Gasteiger partial charge in [-0.3, -0.25) is 0 Å². The van der Waals surface area contributed by atoms with E-state index in [1.54, 1.807) is 15.9 Å². The van der Waals surface area contributed by atoms with Crippen LogP contribution >= 0.6 is 0 Å². The second kappa shape index (κ2) is 6.30. The zero-order chi connectivity index (χ0) is 18.2. The number of benzene rings is 1. The quantitative estimate of drug-likeness (QED) is 0.883. The number of aromatic nitrogens is 3. The Labute approximate surface area is 142 Å². The first-order valence-corrected chi connectivity index (χ1v) is 9.04. The van der Waals surface area contributed by atoms with Crippen molar-refractivity contribution in [2.45, 2.75) is 30.0 Å². The topological polar surface area (TPSA) is 94.1 Å². The van der Waals surface area contributed by atoms with Crippen LogP contribution in [0.1, 0.15) is 24.4 Å². The normalized spacial score (nSPS) is 17.0. The van der Waals surface area contributed by atoms with Gasteiger partial charge in [0.2, 0.25) is 10.0 Å². The monoisotopic (exact) mass is 375 g/mol. The molecule has 2 N–H and O–H groups in total. The largest absolute Gasteiger partial charge is 0.417 e. The van der Waals surface area contributed by atoms with E-state index < -0.39 is 26.7 Å². The molecule has 136 valence electrons. The molecule has 0 radical (unpaired) electrons. The molecule has 0 spiro atoms. The summed E-state index contributed by atoms with van der Waals surface area (Å²) in [6.07, 6.45) is -0.364. The molecule has 11 heteroatoms. The van der Waals surface area contributed by atoms with Crippen molar-refractivity contribution in [3.63, 3.8) is 0 Å². The molecule has 3 rings (SSSR count). The molecule has 1 aromatic heterocycles. The average molecular weight is 375 g/mol. The molecule has 1 aromatic carbocycles. The van der Waals surface area contributed by atoms with Gasteiger partial charge in [0.1, 0.15) is 12.7 Å². The first kappa shape index (κ1) is 17.7. The lowest BCUT2D eigenvalue weighted by molar-refractivity contribution is -0.139. The number of nitrogens with two attached hydrogens (primary N) is 1. The highest BCUT2D eigenvalue weighted by molar-refractivity contribution is 7.89. The van der Waals surface area contributed by atoms with Crippen molar-refractivity contribution >= 4 is 15.7 Å². The van der Waals surface area contributed by atoms with Crippen LogP contribution < -0.4 is 10.0 Å². The number of piperidine rings is 1. The molecule has 0 unspecified atom stereocenters. The Morgan fingerprint density at radius 1 is 1.20 bits per heavy atom. The maximum Gasteiger partial charge on any atom is 0.417 e. The Morgan fingerprint density at radius 3 is 2.40 bits per heavy atom. The van der Waals surface area contributed by atoms with Crippen molar-refractivity contribution in [2.75, 3.05) is 18.0 Å². The first-order chi connectivity index (χ1) is 11.7. The van der Waals surface area contributed by atoms with Gasteiger partial charge in [0, 0.05) is 18.8 Å². The van der Waals surface area contributed by atoms with Gasteiger partial charge in [0.25, 0.3) is 0 Å². The van der Waals surface area contributed by atoms with Crippen molar-refractivity contribution in [2.24, 2.45) is 5.14 Å². The Morgan fingerprint density at radius 2 is 1.88 bits per heavy atom. The maximum absolute atomic E-state index is 13.2. The number of rotatable bonds is 3. The highest BCUT2D eigenvalue weighted by Crippen LogP contribution is 2.37. The molecule has 0 saturated carbocycles. The summed E-state index contributed by atoms with van der Waals surface area (Å²) in [5.74, 6) is 0. The van der Waals surface area contributed by atoms with Crippen molar-refractivity contribution in [3.05, 3.63) is 36.4 Å². The van der Waals surface area contributed by atoms with E-state index in [1.165, 1.54) is 12.4 Å². The van der Waals surface area contributed by atoms with Gasteiger partial charge in [-0.05, 0) is 31.0 Å². The van der Waals surface area contributed by atoms with E-state index in [0.29, 0.717) is 31.6 Å².